The molecular weight excluding hydrogens is 400 g/mol. The Morgan fingerprint density at radius 3 is 2.63 bits per heavy atom. The van der Waals surface area contributed by atoms with Gasteiger partial charge in [-0.2, -0.15) is 0 Å². The Morgan fingerprint density at radius 2 is 1.87 bits per heavy atom. The van der Waals surface area contributed by atoms with Crippen molar-refractivity contribution in [2.75, 3.05) is 26.1 Å². The number of nitrogens with zero attached hydrogens (tertiary/aromatic N) is 1. The number of carbonyl (C=O) groups excluding carboxylic acids is 2. The van der Waals surface area contributed by atoms with Crippen LogP contribution in [-0.2, 0) is 17.0 Å². The maximum Gasteiger partial charge on any atom is 0.341 e. The highest BCUT2D eigenvalue weighted by molar-refractivity contribution is 7.98. The summed E-state index contributed by atoms with van der Waals surface area (Å²) in [7, 11) is 5.30. The van der Waals surface area contributed by atoms with E-state index in [-0.39, 0.29) is 5.91 Å². The van der Waals surface area contributed by atoms with E-state index in [9.17, 15) is 9.59 Å². The van der Waals surface area contributed by atoms with E-state index in [1.807, 2.05) is 61.5 Å². The van der Waals surface area contributed by atoms with Gasteiger partial charge in [0.15, 0.2) is 0 Å². The number of anilines is 1. The minimum Gasteiger partial charge on any atom is -0.468 e. The molecule has 0 spiro atoms. The molecule has 0 aliphatic carbocycles. The van der Waals surface area contributed by atoms with Crippen LogP contribution in [0.3, 0.4) is 0 Å². The van der Waals surface area contributed by atoms with Crippen LogP contribution in [0.2, 0.25) is 0 Å². The summed E-state index contributed by atoms with van der Waals surface area (Å²) in [5, 5.41) is 2.99. The van der Waals surface area contributed by atoms with Crippen molar-refractivity contribution < 1.29 is 18.7 Å². The quantitative estimate of drug-likeness (QED) is 0.428. The van der Waals surface area contributed by atoms with Crippen molar-refractivity contribution in [3.8, 4) is 0 Å². The summed E-state index contributed by atoms with van der Waals surface area (Å²) in [4.78, 5) is 27.4. The molecule has 0 aliphatic heterocycles. The van der Waals surface area contributed by atoms with Crippen LogP contribution >= 0.6 is 11.8 Å². The lowest BCUT2D eigenvalue weighted by atomic mass is 10.1. The summed E-state index contributed by atoms with van der Waals surface area (Å²) < 4.78 is 10.2. The average molecular weight is 425 g/mol. The molecular formula is C23H24N2O4S. The summed E-state index contributed by atoms with van der Waals surface area (Å²) in [6, 6.07) is 17.0. The maximum atomic E-state index is 12.8. The van der Waals surface area contributed by atoms with E-state index in [0.717, 1.165) is 16.1 Å². The highest BCUT2D eigenvalue weighted by Gasteiger charge is 2.17. The smallest absolute Gasteiger partial charge is 0.341 e. The summed E-state index contributed by atoms with van der Waals surface area (Å²) in [6.45, 7) is 0.435. The zero-order valence-corrected chi connectivity index (χ0v) is 18.0. The molecule has 7 heteroatoms. The molecule has 0 saturated carbocycles. The van der Waals surface area contributed by atoms with Gasteiger partial charge in [-0.1, -0.05) is 24.3 Å². The maximum absolute atomic E-state index is 12.8. The predicted molar refractivity (Wildman–Crippen MR) is 118 cm³/mol. The molecule has 6 nitrogen and oxygen atoms in total. The van der Waals surface area contributed by atoms with Crippen molar-refractivity contribution in [2.24, 2.45) is 0 Å². The first-order chi connectivity index (χ1) is 14.5. The number of thioether (sulfide) groups is 1. The Hall–Kier alpha value is -3.19. The van der Waals surface area contributed by atoms with Gasteiger partial charge < -0.3 is 19.4 Å². The number of rotatable bonds is 8. The Labute approximate surface area is 180 Å². The van der Waals surface area contributed by atoms with Gasteiger partial charge in [-0.05, 0) is 35.9 Å². The number of furan rings is 1. The van der Waals surface area contributed by atoms with E-state index in [2.05, 4.69) is 5.32 Å². The first kappa shape index (κ1) is 21.5. The number of carbonyl (C=O) groups is 2. The topological polar surface area (TPSA) is 71.8 Å². The normalized spacial score (nSPS) is 10.5. The van der Waals surface area contributed by atoms with Crippen LogP contribution in [0.25, 0.3) is 0 Å². The molecule has 0 bridgehead atoms. The molecule has 0 atom stereocenters. The lowest BCUT2D eigenvalue weighted by molar-refractivity contribution is 0.0598. The van der Waals surface area contributed by atoms with Crippen molar-refractivity contribution >= 4 is 29.3 Å². The molecule has 3 rings (SSSR count). The molecule has 1 N–H and O–H groups in total. The molecule has 1 amide bonds. The van der Waals surface area contributed by atoms with Crippen molar-refractivity contribution in [2.45, 2.75) is 17.2 Å². The van der Waals surface area contributed by atoms with Gasteiger partial charge >= 0.3 is 5.97 Å². The summed E-state index contributed by atoms with van der Waals surface area (Å²) in [5.74, 6) is 0.334. The molecule has 1 aromatic heterocycles. The minimum absolute atomic E-state index is 0.152. The number of amides is 1. The van der Waals surface area contributed by atoms with Gasteiger partial charge in [0.05, 0.1) is 24.7 Å². The zero-order chi connectivity index (χ0) is 21.5. The van der Waals surface area contributed by atoms with Crippen molar-refractivity contribution in [3.63, 3.8) is 0 Å². The molecule has 0 fully saturated rings. The van der Waals surface area contributed by atoms with E-state index < -0.39 is 5.97 Å². The van der Waals surface area contributed by atoms with Crippen molar-refractivity contribution in [3.05, 3.63) is 83.3 Å². The summed E-state index contributed by atoms with van der Waals surface area (Å²) in [6.07, 6.45) is 1.46. The van der Waals surface area contributed by atoms with Crippen LogP contribution in [0.5, 0.6) is 0 Å². The third kappa shape index (κ3) is 5.24. The number of methoxy groups -OCH3 is 1. The number of nitrogens with one attached hydrogen (secondary N) is 1. The Balaban J connectivity index is 1.67. The Kier molecular flexibility index (Phi) is 7.19. The standard InChI is InChI=1S/C23H24N2O4S/c1-25(2)17-8-6-7-16(13-17)14-24-22(26)19-9-4-5-10-21(19)30-15-20-18(11-12-29-20)23(27)28-3/h4-13H,14-15H2,1-3H3,(H,24,26). The molecule has 3 aromatic rings. The molecule has 2 aromatic carbocycles. The first-order valence-electron chi connectivity index (χ1n) is 9.40. The van der Waals surface area contributed by atoms with Crippen LogP contribution in [0.15, 0.2) is 70.2 Å². The fourth-order valence-corrected chi connectivity index (χ4v) is 3.89. The molecule has 0 aliphatic rings. The van der Waals surface area contributed by atoms with E-state index in [1.165, 1.54) is 25.1 Å². The second-order valence-electron chi connectivity index (χ2n) is 6.78. The lowest BCUT2D eigenvalue weighted by Gasteiger charge is -2.14. The zero-order valence-electron chi connectivity index (χ0n) is 17.2. The SMILES string of the molecule is COC(=O)c1ccoc1CSc1ccccc1C(=O)NCc1cccc(N(C)C)c1. The van der Waals surface area contributed by atoms with Crippen LogP contribution in [-0.4, -0.2) is 33.1 Å². The van der Waals surface area contributed by atoms with Crippen LogP contribution < -0.4 is 10.2 Å². The first-order valence-corrected chi connectivity index (χ1v) is 10.4. The molecule has 1 heterocycles. The largest absolute Gasteiger partial charge is 0.468 e. The third-order valence-corrected chi connectivity index (χ3v) is 5.59. The second kappa shape index (κ2) is 10.0. The van der Waals surface area contributed by atoms with Gasteiger partial charge in [0.2, 0.25) is 0 Å². The molecule has 0 saturated heterocycles. The molecule has 0 unspecified atom stereocenters. The third-order valence-electron chi connectivity index (χ3n) is 4.52. The van der Waals surface area contributed by atoms with Crippen molar-refractivity contribution in [1.82, 2.24) is 5.32 Å². The Morgan fingerprint density at radius 1 is 1.07 bits per heavy atom. The fourth-order valence-electron chi connectivity index (χ4n) is 2.89. The highest BCUT2D eigenvalue weighted by atomic mass is 32.2. The lowest BCUT2D eigenvalue weighted by Crippen LogP contribution is -2.23. The van der Waals surface area contributed by atoms with Gasteiger partial charge in [-0.15, -0.1) is 11.8 Å². The number of esters is 1. The second-order valence-corrected chi connectivity index (χ2v) is 7.80. The molecule has 0 radical (unpaired) electrons. The van der Waals surface area contributed by atoms with Crippen LogP contribution in [0.1, 0.15) is 32.0 Å². The van der Waals surface area contributed by atoms with Gasteiger partial charge in [0.1, 0.15) is 11.3 Å². The molecule has 30 heavy (non-hydrogen) atoms. The number of ether oxygens (including phenoxy) is 1. The number of hydrogen-bond donors (Lipinski definition) is 1. The van der Waals surface area contributed by atoms with Crippen molar-refractivity contribution in [1.29, 1.82) is 0 Å². The van der Waals surface area contributed by atoms with E-state index in [4.69, 9.17) is 9.15 Å². The van der Waals surface area contributed by atoms with Gasteiger partial charge in [-0.3, -0.25) is 4.79 Å². The molecule has 156 valence electrons. The van der Waals surface area contributed by atoms with E-state index in [1.54, 1.807) is 12.1 Å². The Bertz CT molecular complexity index is 1030. The summed E-state index contributed by atoms with van der Waals surface area (Å²) in [5.41, 5.74) is 3.08. The van der Waals surface area contributed by atoms with Crippen LogP contribution in [0, 0.1) is 0 Å². The summed E-state index contributed by atoms with van der Waals surface area (Å²) >= 11 is 1.43. The monoisotopic (exact) mass is 424 g/mol. The minimum atomic E-state index is -0.440. The fraction of sp³-hybridized carbons (Fsp3) is 0.217. The van der Waals surface area contributed by atoms with Crippen LogP contribution in [0.4, 0.5) is 5.69 Å². The van der Waals surface area contributed by atoms with E-state index in [0.29, 0.717) is 29.2 Å². The van der Waals surface area contributed by atoms with Gasteiger partial charge in [-0.25, -0.2) is 4.79 Å². The highest BCUT2D eigenvalue weighted by Crippen LogP contribution is 2.28. The van der Waals surface area contributed by atoms with E-state index >= 15 is 0 Å². The van der Waals surface area contributed by atoms with Gasteiger partial charge in [0, 0.05) is 31.2 Å². The number of hydrogen-bond acceptors (Lipinski definition) is 6. The predicted octanol–water partition coefficient (Wildman–Crippen LogP) is 4.35. The van der Waals surface area contributed by atoms with Gasteiger partial charge in [0.25, 0.3) is 5.91 Å². The number of benzene rings is 2. The average Bonchev–Trinajstić information content (AvgIpc) is 3.24.